The van der Waals surface area contributed by atoms with Gasteiger partial charge < -0.3 is 24.1 Å². The lowest BCUT2D eigenvalue weighted by Gasteiger charge is -2.32. The van der Waals surface area contributed by atoms with Crippen LogP contribution in [0.3, 0.4) is 0 Å². The van der Waals surface area contributed by atoms with E-state index in [9.17, 15) is 5.11 Å². The predicted molar refractivity (Wildman–Crippen MR) is 118 cm³/mol. The average Bonchev–Trinajstić information content (AvgIpc) is 2.89. The Morgan fingerprint density at radius 1 is 1.10 bits per heavy atom. The molecule has 2 fully saturated rings. The molecule has 2 aliphatic heterocycles. The summed E-state index contributed by atoms with van der Waals surface area (Å²) in [6.45, 7) is 16.0. The summed E-state index contributed by atoms with van der Waals surface area (Å²) in [5.41, 5.74) is 2.06. The largest absolute Gasteiger partial charge is 0.495 e. The molecule has 0 saturated carbocycles. The van der Waals surface area contributed by atoms with Crippen LogP contribution in [0.5, 0.6) is 0 Å². The number of aliphatic hydroxyl groups is 1. The van der Waals surface area contributed by atoms with Gasteiger partial charge in [-0.15, -0.1) is 0 Å². The number of aliphatic hydroxyl groups excluding tert-OH is 1. The number of hydrogen-bond donors (Lipinski definition) is 1. The quantitative estimate of drug-likeness (QED) is 0.676. The van der Waals surface area contributed by atoms with Crippen LogP contribution < -0.4 is 10.4 Å². The first-order valence-corrected chi connectivity index (χ1v) is 10.8. The van der Waals surface area contributed by atoms with Gasteiger partial charge >= 0.3 is 7.12 Å². The number of halogens is 1. The van der Waals surface area contributed by atoms with Crippen molar-refractivity contribution in [3.63, 3.8) is 0 Å². The molecule has 0 unspecified atom stereocenters. The molecule has 0 radical (unpaired) electrons. The zero-order valence-corrected chi connectivity index (χ0v) is 19.1. The molecular weight excluding hydrogens is 391 g/mol. The lowest BCUT2D eigenvalue weighted by molar-refractivity contribution is 0.00578. The van der Waals surface area contributed by atoms with E-state index in [0.717, 1.165) is 56.1 Å². The third kappa shape index (κ3) is 4.92. The Bertz CT molecular complexity index is 694. The molecule has 6 nitrogen and oxygen atoms in total. The lowest BCUT2D eigenvalue weighted by Crippen LogP contribution is -2.42. The number of benzene rings is 1. The average molecular weight is 425 g/mol. The first-order valence-electron chi connectivity index (χ1n) is 10.5. The highest BCUT2D eigenvalue weighted by molar-refractivity contribution is 6.63. The molecule has 1 aromatic rings. The summed E-state index contributed by atoms with van der Waals surface area (Å²) in [6, 6.07) is 4.06. The van der Waals surface area contributed by atoms with Crippen LogP contribution in [0.2, 0.25) is 5.02 Å². The summed E-state index contributed by atoms with van der Waals surface area (Å²) < 4.78 is 17.8. The third-order valence-corrected chi connectivity index (χ3v) is 6.89. The van der Waals surface area contributed by atoms with Gasteiger partial charge in [0.25, 0.3) is 0 Å². The van der Waals surface area contributed by atoms with E-state index in [1.807, 2.05) is 46.8 Å². The van der Waals surface area contributed by atoms with Crippen molar-refractivity contribution < 1.29 is 19.2 Å². The zero-order chi connectivity index (χ0) is 21.2. The van der Waals surface area contributed by atoms with Crippen molar-refractivity contribution in [3.8, 4) is 0 Å². The summed E-state index contributed by atoms with van der Waals surface area (Å²) in [7, 11) is -0.439. The van der Waals surface area contributed by atoms with Crippen LogP contribution in [0.25, 0.3) is 0 Å². The van der Waals surface area contributed by atoms with E-state index in [2.05, 4.69) is 9.80 Å². The van der Waals surface area contributed by atoms with Gasteiger partial charge in [-0.25, -0.2) is 0 Å². The highest BCUT2D eigenvalue weighted by Crippen LogP contribution is 2.37. The van der Waals surface area contributed by atoms with E-state index in [4.69, 9.17) is 25.6 Å². The minimum Gasteiger partial charge on any atom is -0.399 e. The maximum absolute atomic E-state index is 9.58. The standard InChI is InChI=1S/C21H34BClN2O4/c1-16-17(22-28-20(2,3)21(4,5)29-22)6-7-18(19(16)23)25(10-13-26)9-8-24-11-14-27-15-12-24/h6-7,26H,8-15H2,1-5H3. The van der Waals surface area contributed by atoms with E-state index in [1.165, 1.54) is 0 Å². The van der Waals surface area contributed by atoms with E-state index in [0.29, 0.717) is 11.6 Å². The summed E-state index contributed by atoms with van der Waals surface area (Å²) in [6.07, 6.45) is 0. The van der Waals surface area contributed by atoms with Crippen molar-refractivity contribution in [2.45, 2.75) is 45.8 Å². The monoisotopic (exact) mass is 424 g/mol. The SMILES string of the molecule is Cc1c(B2OC(C)(C)C(C)(C)O2)ccc(N(CCO)CCN2CCOCC2)c1Cl. The first-order chi connectivity index (χ1) is 13.7. The molecule has 2 saturated heterocycles. The first kappa shape index (κ1) is 22.9. The van der Waals surface area contributed by atoms with Gasteiger partial charge in [-0.2, -0.15) is 0 Å². The molecule has 2 aliphatic rings. The molecule has 0 amide bonds. The van der Waals surface area contributed by atoms with E-state index in [-0.39, 0.29) is 6.61 Å². The van der Waals surface area contributed by atoms with Crippen LogP contribution in [-0.2, 0) is 14.0 Å². The predicted octanol–water partition coefficient (Wildman–Crippen LogP) is 2.08. The number of morpholine rings is 1. The molecule has 162 valence electrons. The molecule has 0 aliphatic carbocycles. The topological polar surface area (TPSA) is 54.4 Å². The minimum atomic E-state index is -0.439. The Hall–Kier alpha value is -0.825. The molecule has 8 heteroatoms. The Morgan fingerprint density at radius 2 is 1.72 bits per heavy atom. The second-order valence-corrected chi connectivity index (χ2v) is 9.24. The summed E-state index contributed by atoms with van der Waals surface area (Å²) in [5.74, 6) is 0. The Labute approximate surface area is 180 Å². The molecule has 1 N–H and O–H groups in total. The van der Waals surface area contributed by atoms with Crippen LogP contribution >= 0.6 is 11.6 Å². The normalized spacial score (nSPS) is 21.6. The fourth-order valence-electron chi connectivity index (χ4n) is 3.72. The second-order valence-electron chi connectivity index (χ2n) is 8.87. The van der Waals surface area contributed by atoms with Crippen molar-refractivity contribution >= 4 is 29.9 Å². The van der Waals surface area contributed by atoms with Crippen molar-refractivity contribution in [3.05, 3.63) is 22.7 Å². The van der Waals surface area contributed by atoms with Gasteiger partial charge in [-0.3, -0.25) is 4.90 Å². The number of nitrogens with zero attached hydrogens (tertiary/aromatic N) is 2. The maximum atomic E-state index is 9.58. The maximum Gasteiger partial charge on any atom is 0.495 e. The van der Waals surface area contributed by atoms with Crippen LogP contribution in [0.1, 0.15) is 33.3 Å². The van der Waals surface area contributed by atoms with Crippen LogP contribution in [0.15, 0.2) is 12.1 Å². The van der Waals surface area contributed by atoms with E-state index >= 15 is 0 Å². The van der Waals surface area contributed by atoms with Crippen LogP contribution in [-0.4, -0.2) is 80.9 Å². The molecule has 3 rings (SSSR count). The zero-order valence-electron chi connectivity index (χ0n) is 18.3. The van der Waals surface area contributed by atoms with Gasteiger partial charge in [0, 0.05) is 32.7 Å². The fourth-order valence-corrected chi connectivity index (χ4v) is 4.01. The van der Waals surface area contributed by atoms with E-state index < -0.39 is 18.3 Å². The molecule has 1 aromatic carbocycles. The summed E-state index contributed by atoms with van der Waals surface area (Å²) in [4.78, 5) is 4.53. The van der Waals surface area contributed by atoms with E-state index in [1.54, 1.807) is 0 Å². The minimum absolute atomic E-state index is 0.0808. The Morgan fingerprint density at radius 3 is 2.31 bits per heavy atom. The molecule has 0 aromatic heterocycles. The molecule has 29 heavy (non-hydrogen) atoms. The molecule has 2 heterocycles. The highest BCUT2D eigenvalue weighted by atomic mass is 35.5. The van der Waals surface area contributed by atoms with Gasteiger partial charge in [0.2, 0.25) is 0 Å². The number of rotatable bonds is 7. The summed E-state index contributed by atoms with van der Waals surface area (Å²) >= 11 is 6.80. The van der Waals surface area contributed by atoms with Gasteiger partial charge in [-0.05, 0) is 51.7 Å². The molecule has 0 bridgehead atoms. The smallest absolute Gasteiger partial charge is 0.399 e. The number of hydrogen-bond acceptors (Lipinski definition) is 6. The number of ether oxygens (including phenoxy) is 1. The molecular formula is C21H34BClN2O4. The Balaban J connectivity index is 1.77. The third-order valence-electron chi connectivity index (χ3n) is 6.42. The van der Waals surface area contributed by atoms with Crippen LogP contribution in [0, 0.1) is 6.92 Å². The molecule has 0 spiro atoms. The highest BCUT2D eigenvalue weighted by Gasteiger charge is 2.52. The second kappa shape index (κ2) is 9.12. The van der Waals surface area contributed by atoms with Gasteiger partial charge in [-0.1, -0.05) is 17.7 Å². The van der Waals surface area contributed by atoms with Crippen molar-refractivity contribution in [1.29, 1.82) is 0 Å². The van der Waals surface area contributed by atoms with Crippen molar-refractivity contribution in [2.24, 2.45) is 0 Å². The van der Waals surface area contributed by atoms with Gasteiger partial charge in [0.05, 0.1) is 41.7 Å². The fraction of sp³-hybridized carbons (Fsp3) is 0.714. The van der Waals surface area contributed by atoms with Crippen LogP contribution in [0.4, 0.5) is 5.69 Å². The Kier molecular flexibility index (Phi) is 7.19. The molecule has 0 atom stereocenters. The van der Waals surface area contributed by atoms with Gasteiger partial charge in [0.15, 0.2) is 0 Å². The summed E-state index contributed by atoms with van der Waals surface area (Å²) in [5, 5.41) is 10.3. The van der Waals surface area contributed by atoms with Crippen molar-refractivity contribution in [2.75, 3.05) is 57.4 Å². The lowest BCUT2D eigenvalue weighted by atomic mass is 9.76. The van der Waals surface area contributed by atoms with Gasteiger partial charge in [0.1, 0.15) is 0 Å². The number of anilines is 1. The van der Waals surface area contributed by atoms with Crippen molar-refractivity contribution in [1.82, 2.24) is 4.90 Å².